The molecule has 9 aromatic rings. The van der Waals surface area contributed by atoms with Crippen LogP contribution in [-0.4, -0.2) is 9.13 Å². The molecule has 0 unspecified atom stereocenters. The average molecular weight is 619 g/mol. The number of hydrogen-bond donors (Lipinski definition) is 0. The molecular weight excluding hydrogens is 588 g/mol. The molecular formula is C44H30N2O2. The van der Waals surface area contributed by atoms with Crippen molar-refractivity contribution < 1.29 is 4.42 Å². The second-order valence-electron chi connectivity index (χ2n) is 12.2. The first kappa shape index (κ1) is 27.9. The van der Waals surface area contributed by atoms with Crippen LogP contribution in [0.4, 0.5) is 0 Å². The number of aromatic nitrogens is 2. The Bertz CT molecular complexity index is 2810. The van der Waals surface area contributed by atoms with Crippen LogP contribution in [0.3, 0.4) is 0 Å². The molecule has 0 N–H and O–H groups in total. The molecule has 0 fully saturated rings. The minimum atomic E-state index is -0.341. The Balaban J connectivity index is 1.34. The largest absolute Gasteiger partial charge is 0.422 e. The van der Waals surface area contributed by atoms with Gasteiger partial charge in [-0.2, -0.15) is 0 Å². The maximum absolute atomic E-state index is 13.3. The lowest BCUT2D eigenvalue weighted by atomic mass is 10.0. The van der Waals surface area contributed by atoms with Crippen LogP contribution < -0.4 is 5.63 Å². The number of rotatable bonds is 3. The smallest absolute Gasteiger partial charge is 0.344 e. The fourth-order valence-electron chi connectivity index (χ4n) is 7.09. The van der Waals surface area contributed by atoms with Gasteiger partial charge in [0, 0.05) is 38.6 Å². The highest BCUT2D eigenvalue weighted by atomic mass is 16.4. The van der Waals surface area contributed by atoms with Gasteiger partial charge < -0.3 is 13.6 Å². The van der Waals surface area contributed by atoms with Gasteiger partial charge in [0.2, 0.25) is 0 Å². The second-order valence-corrected chi connectivity index (χ2v) is 12.2. The van der Waals surface area contributed by atoms with E-state index in [4.69, 9.17) is 4.42 Å². The van der Waals surface area contributed by atoms with E-state index in [9.17, 15) is 4.79 Å². The molecule has 0 bridgehead atoms. The predicted molar refractivity (Wildman–Crippen MR) is 199 cm³/mol. The van der Waals surface area contributed by atoms with E-state index in [-0.39, 0.29) is 5.63 Å². The van der Waals surface area contributed by atoms with Crippen molar-refractivity contribution in [2.75, 3.05) is 0 Å². The van der Waals surface area contributed by atoms with Crippen molar-refractivity contribution in [2.45, 2.75) is 6.92 Å². The van der Waals surface area contributed by atoms with E-state index in [1.165, 1.54) is 21.8 Å². The molecule has 0 aliphatic rings. The molecule has 48 heavy (non-hydrogen) atoms. The number of para-hydroxylation sites is 4. The molecule has 0 amide bonds. The summed E-state index contributed by atoms with van der Waals surface area (Å²) >= 11 is 0. The van der Waals surface area contributed by atoms with Gasteiger partial charge in [-0.1, -0.05) is 97.1 Å². The molecule has 3 aromatic heterocycles. The van der Waals surface area contributed by atoms with Gasteiger partial charge >= 0.3 is 5.63 Å². The normalized spacial score (nSPS) is 11.5. The summed E-state index contributed by atoms with van der Waals surface area (Å²) in [5.74, 6) is 0. The highest BCUT2D eigenvalue weighted by molar-refractivity contribution is 6.11. The van der Waals surface area contributed by atoms with Crippen molar-refractivity contribution in [3.05, 3.63) is 180 Å². The van der Waals surface area contributed by atoms with Crippen molar-refractivity contribution in [3.63, 3.8) is 0 Å². The molecule has 0 radical (unpaired) electrons. The number of hydrogen-bond acceptors (Lipinski definition) is 2. The van der Waals surface area contributed by atoms with E-state index < -0.39 is 0 Å². The van der Waals surface area contributed by atoms with Crippen LogP contribution in [-0.2, 0) is 0 Å². The third-order valence-electron chi connectivity index (χ3n) is 9.34. The van der Waals surface area contributed by atoms with E-state index in [0.29, 0.717) is 11.0 Å². The van der Waals surface area contributed by atoms with Crippen molar-refractivity contribution >= 4 is 54.5 Å². The zero-order valence-electron chi connectivity index (χ0n) is 26.3. The maximum Gasteiger partial charge on any atom is 0.344 e. The Morgan fingerprint density at radius 3 is 1.85 bits per heavy atom. The van der Waals surface area contributed by atoms with Gasteiger partial charge in [0.05, 0.1) is 21.9 Å². The molecule has 9 rings (SSSR count). The SMILES string of the molecule is Cc1ccc(-c2ccc3c(c2)c2ccccc2n3-c2ccccc2)ccc2cc3c(cc2n1-c1ccccc1)c(=O)oc1ccccc13. The first-order valence-electron chi connectivity index (χ1n) is 16.1. The van der Waals surface area contributed by atoms with Crippen LogP contribution >= 0.6 is 0 Å². The molecule has 4 nitrogen and oxygen atoms in total. The van der Waals surface area contributed by atoms with Gasteiger partial charge in [-0.3, -0.25) is 0 Å². The van der Waals surface area contributed by atoms with E-state index in [1.807, 2.05) is 48.5 Å². The third kappa shape index (κ3) is 4.50. The first-order chi connectivity index (χ1) is 23.6. The average Bonchev–Trinajstić information content (AvgIpc) is 3.49. The van der Waals surface area contributed by atoms with Gasteiger partial charge in [-0.05, 0) is 90.2 Å². The summed E-state index contributed by atoms with van der Waals surface area (Å²) in [6.45, 7) is 2.11. The number of aryl methyl sites for hydroxylation is 1. The van der Waals surface area contributed by atoms with Crippen LogP contribution in [0.25, 0.3) is 77.0 Å². The second kappa shape index (κ2) is 11.1. The Morgan fingerprint density at radius 2 is 1.06 bits per heavy atom. The lowest BCUT2D eigenvalue weighted by Crippen LogP contribution is -2.03. The molecule has 0 saturated carbocycles. The fourth-order valence-corrected chi connectivity index (χ4v) is 7.09. The lowest BCUT2D eigenvalue weighted by Gasteiger charge is -2.13. The van der Waals surface area contributed by atoms with Gasteiger partial charge in [-0.25, -0.2) is 4.79 Å². The molecule has 6 aromatic carbocycles. The Morgan fingerprint density at radius 1 is 0.438 bits per heavy atom. The highest BCUT2D eigenvalue weighted by Crippen LogP contribution is 2.35. The molecule has 0 aliphatic carbocycles. The molecule has 0 saturated heterocycles. The number of fused-ring (bicyclic) bond motifs is 7. The summed E-state index contributed by atoms with van der Waals surface area (Å²) in [7, 11) is 0. The van der Waals surface area contributed by atoms with Crippen LogP contribution in [0, 0.1) is 6.92 Å². The summed E-state index contributed by atoms with van der Waals surface area (Å²) in [6, 6.07) is 56.7. The predicted octanol–water partition coefficient (Wildman–Crippen LogP) is 11.1. The van der Waals surface area contributed by atoms with Crippen molar-refractivity contribution in [2.24, 2.45) is 0 Å². The molecule has 0 spiro atoms. The Hall–Kier alpha value is -6.39. The molecule has 228 valence electrons. The van der Waals surface area contributed by atoms with Crippen LogP contribution in [0.1, 0.15) is 5.69 Å². The molecule has 3 heterocycles. The van der Waals surface area contributed by atoms with Crippen molar-refractivity contribution in [1.29, 1.82) is 0 Å². The Labute approximate surface area is 276 Å². The monoisotopic (exact) mass is 618 g/mol. The van der Waals surface area contributed by atoms with E-state index in [0.717, 1.165) is 49.9 Å². The van der Waals surface area contributed by atoms with E-state index >= 15 is 0 Å². The Kier molecular flexibility index (Phi) is 6.47. The summed E-state index contributed by atoms with van der Waals surface area (Å²) < 4.78 is 10.3. The standard InChI is InChI=1S/C44H30N2O2/c1-29-20-21-30(31-24-25-41-38(26-31)35-16-8-10-18-40(35)46(41)34-14-6-3-7-15-34)22-23-32-27-37-36-17-9-11-19-43(36)48-44(47)39(37)28-42(32)45(29)33-12-4-2-5-13-33/h2-28H,1H3. The minimum Gasteiger partial charge on any atom is -0.422 e. The first-order valence-corrected chi connectivity index (χ1v) is 16.1. The quantitative estimate of drug-likeness (QED) is 0.146. The number of benzene rings is 6. The number of nitrogens with zero attached hydrogens (tertiary/aromatic N) is 2. The fraction of sp³-hybridized carbons (Fsp3) is 0.0227. The molecule has 4 heteroatoms. The highest BCUT2D eigenvalue weighted by Gasteiger charge is 2.14. The zero-order valence-corrected chi connectivity index (χ0v) is 26.3. The lowest BCUT2D eigenvalue weighted by molar-refractivity contribution is 0.570. The van der Waals surface area contributed by atoms with Crippen molar-refractivity contribution in [3.8, 4) is 22.5 Å². The molecule has 0 aliphatic heterocycles. The van der Waals surface area contributed by atoms with Crippen LogP contribution in [0.5, 0.6) is 0 Å². The topological polar surface area (TPSA) is 40.1 Å². The van der Waals surface area contributed by atoms with Crippen molar-refractivity contribution in [1.82, 2.24) is 9.13 Å². The van der Waals surface area contributed by atoms with E-state index in [1.54, 1.807) is 0 Å². The summed E-state index contributed by atoms with van der Waals surface area (Å²) in [5.41, 5.74) is 8.90. The van der Waals surface area contributed by atoms with Crippen LogP contribution in [0.15, 0.2) is 173 Å². The third-order valence-corrected chi connectivity index (χ3v) is 9.34. The summed E-state index contributed by atoms with van der Waals surface area (Å²) in [5, 5.41) is 5.77. The van der Waals surface area contributed by atoms with Gasteiger partial charge in [-0.15, -0.1) is 0 Å². The zero-order chi connectivity index (χ0) is 32.2. The van der Waals surface area contributed by atoms with Gasteiger partial charge in [0.15, 0.2) is 0 Å². The maximum atomic E-state index is 13.3. The van der Waals surface area contributed by atoms with Gasteiger partial charge in [0.25, 0.3) is 0 Å². The molecule has 0 atom stereocenters. The minimum absolute atomic E-state index is 0.341. The summed E-state index contributed by atoms with van der Waals surface area (Å²) in [4.78, 5) is 13.3. The van der Waals surface area contributed by atoms with E-state index in [2.05, 4.69) is 131 Å². The van der Waals surface area contributed by atoms with Gasteiger partial charge in [0.1, 0.15) is 5.58 Å². The van der Waals surface area contributed by atoms with Crippen LogP contribution in [0.2, 0.25) is 0 Å². The summed E-state index contributed by atoms with van der Waals surface area (Å²) in [6.07, 6.45) is 0.